The average Bonchev–Trinajstić information content (AvgIpc) is 2.75. The molecule has 0 saturated heterocycles. The Morgan fingerprint density at radius 2 is 2.05 bits per heavy atom. The van der Waals surface area contributed by atoms with Gasteiger partial charge in [-0.15, -0.1) is 0 Å². The first-order chi connectivity index (χ1) is 9.38. The lowest BCUT2D eigenvalue weighted by molar-refractivity contribution is -0.199. The number of carbonyl (C=O) groups is 1. The van der Waals surface area contributed by atoms with Crippen LogP contribution in [0.1, 0.15) is 12.0 Å². The van der Waals surface area contributed by atoms with Gasteiger partial charge in [0.2, 0.25) is 0 Å². The van der Waals surface area contributed by atoms with Crippen molar-refractivity contribution in [3.8, 4) is 0 Å². The quantitative estimate of drug-likeness (QED) is 0.533. The van der Waals surface area contributed by atoms with Crippen molar-refractivity contribution in [1.82, 2.24) is 4.98 Å². The van der Waals surface area contributed by atoms with E-state index in [9.17, 15) is 22.4 Å². The number of hydrogen-bond donors (Lipinski definition) is 1. The highest BCUT2D eigenvalue weighted by molar-refractivity contribution is 5.83. The molecule has 0 amide bonds. The molecule has 0 saturated carbocycles. The van der Waals surface area contributed by atoms with Crippen molar-refractivity contribution < 1.29 is 27.1 Å². The zero-order valence-corrected chi connectivity index (χ0v) is 10.3. The standard InChI is InChI=1S/C13H11F4NO2/c14-9-3-4-11-10(6-9)8(7-18-11)2-1-5-20-12(19)13(15,16)17/h3-4,6-7,18H,1-2,5H2. The van der Waals surface area contributed by atoms with E-state index in [1.54, 1.807) is 12.3 Å². The first-order valence-electron chi connectivity index (χ1n) is 5.87. The van der Waals surface area contributed by atoms with Crippen molar-refractivity contribution in [3.63, 3.8) is 0 Å². The van der Waals surface area contributed by atoms with Crippen LogP contribution >= 0.6 is 0 Å². The highest BCUT2D eigenvalue weighted by Gasteiger charge is 2.40. The van der Waals surface area contributed by atoms with Crippen LogP contribution in [0.15, 0.2) is 24.4 Å². The number of alkyl halides is 3. The molecular weight excluding hydrogens is 278 g/mol. The number of rotatable bonds is 4. The lowest BCUT2D eigenvalue weighted by Gasteiger charge is -2.06. The largest absolute Gasteiger partial charge is 0.490 e. The molecular formula is C13H11F4NO2. The number of benzene rings is 1. The van der Waals surface area contributed by atoms with Crippen LogP contribution in [-0.4, -0.2) is 23.7 Å². The number of carbonyl (C=O) groups excluding carboxylic acids is 1. The Bertz CT molecular complexity index is 618. The normalized spacial score (nSPS) is 11.8. The monoisotopic (exact) mass is 289 g/mol. The van der Waals surface area contributed by atoms with Gasteiger partial charge in [0.05, 0.1) is 6.61 Å². The fourth-order valence-corrected chi connectivity index (χ4v) is 1.87. The third kappa shape index (κ3) is 3.28. The highest BCUT2D eigenvalue weighted by Crippen LogP contribution is 2.21. The summed E-state index contributed by atoms with van der Waals surface area (Å²) >= 11 is 0. The molecule has 20 heavy (non-hydrogen) atoms. The SMILES string of the molecule is O=C(OCCCc1c[nH]c2ccc(F)cc12)C(F)(F)F. The zero-order chi connectivity index (χ0) is 14.8. The van der Waals surface area contributed by atoms with Crippen LogP contribution in [0.4, 0.5) is 17.6 Å². The third-order valence-corrected chi connectivity index (χ3v) is 2.78. The van der Waals surface area contributed by atoms with E-state index >= 15 is 0 Å². The maximum atomic E-state index is 13.1. The Labute approximate surface area is 111 Å². The number of ether oxygens (including phenoxy) is 1. The fourth-order valence-electron chi connectivity index (χ4n) is 1.87. The molecule has 0 atom stereocenters. The van der Waals surface area contributed by atoms with Gasteiger partial charge in [0.1, 0.15) is 5.82 Å². The maximum Gasteiger partial charge on any atom is 0.490 e. The molecule has 1 N–H and O–H groups in total. The maximum absolute atomic E-state index is 13.1. The molecule has 0 aliphatic carbocycles. The number of aryl methyl sites for hydroxylation is 1. The molecule has 0 aliphatic rings. The Hall–Kier alpha value is -2.05. The van der Waals surface area contributed by atoms with E-state index in [2.05, 4.69) is 9.72 Å². The van der Waals surface area contributed by atoms with Crippen LogP contribution in [0.5, 0.6) is 0 Å². The molecule has 0 bridgehead atoms. The number of nitrogens with one attached hydrogen (secondary N) is 1. The topological polar surface area (TPSA) is 42.1 Å². The molecule has 7 heteroatoms. The molecule has 1 heterocycles. The van der Waals surface area contributed by atoms with Gasteiger partial charge < -0.3 is 9.72 Å². The van der Waals surface area contributed by atoms with Gasteiger partial charge in [-0.3, -0.25) is 0 Å². The van der Waals surface area contributed by atoms with Gasteiger partial charge in [-0.2, -0.15) is 13.2 Å². The van der Waals surface area contributed by atoms with Crippen molar-refractivity contribution in [1.29, 1.82) is 0 Å². The number of fused-ring (bicyclic) bond motifs is 1. The van der Waals surface area contributed by atoms with Crippen LogP contribution in [0.25, 0.3) is 10.9 Å². The fraction of sp³-hybridized carbons (Fsp3) is 0.308. The van der Waals surface area contributed by atoms with E-state index in [0.29, 0.717) is 11.8 Å². The minimum absolute atomic E-state index is 0.227. The van der Waals surface area contributed by atoms with Crippen LogP contribution in [0.2, 0.25) is 0 Å². The molecule has 0 radical (unpaired) electrons. The summed E-state index contributed by atoms with van der Waals surface area (Å²) in [6, 6.07) is 4.24. The summed E-state index contributed by atoms with van der Waals surface area (Å²) in [5.74, 6) is -2.58. The molecule has 2 rings (SSSR count). The van der Waals surface area contributed by atoms with Gasteiger partial charge in [0.25, 0.3) is 0 Å². The highest BCUT2D eigenvalue weighted by atomic mass is 19.4. The Kier molecular flexibility index (Phi) is 3.96. The summed E-state index contributed by atoms with van der Waals surface area (Å²) in [6.07, 6.45) is -2.69. The molecule has 1 aromatic heterocycles. The van der Waals surface area contributed by atoms with Crippen molar-refractivity contribution in [2.75, 3.05) is 6.61 Å². The van der Waals surface area contributed by atoms with Crippen molar-refractivity contribution in [3.05, 3.63) is 35.8 Å². The summed E-state index contributed by atoms with van der Waals surface area (Å²) in [5, 5.41) is 0.673. The minimum Gasteiger partial charge on any atom is -0.459 e. The summed E-state index contributed by atoms with van der Waals surface area (Å²) in [6.45, 7) is -0.333. The lowest BCUT2D eigenvalue weighted by Crippen LogP contribution is -2.25. The molecule has 108 valence electrons. The number of H-pyrrole nitrogens is 1. The molecule has 0 unspecified atom stereocenters. The van der Waals surface area contributed by atoms with Gasteiger partial charge in [0.15, 0.2) is 0 Å². The van der Waals surface area contributed by atoms with Crippen LogP contribution in [0.3, 0.4) is 0 Å². The summed E-state index contributed by atoms with van der Waals surface area (Å²) in [7, 11) is 0. The van der Waals surface area contributed by atoms with Gasteiger partial charge in [-0.05, 0) is 36.6 Å². The number of aromatic nitrogens is 1. The number of esters is 1. The van der Waals surface area contributed by atoms with E-state index in [0.717, 1.165) is 11.1 Å². The number of hydrogen-bond acceptors (Lipinski definition) is 2. The molecule has 1 aromatic carbocycles. The van der Waals surface area contributed by atoms with Gasteiger partial charge >= 0.3 is 12.1 Å². The molecule has 3 nitrogen and oxygen atoms in total. The van der Waals surface area contributed by atoms with Crippen LogP contribution in [0, 0.1) is 5.82 Å². The predicted molar refractivity (Wildman–Crippen MR) is 63.6 cm³/mol. The second kappa shape index (κ2) is 5.52. The third-order valence-electron chi connectivity index (χ3n) is 2.78. The van der Waals surface area contributed by atoms with Gasteiger partial charge in [-0.1, -0.05) is 0 Å². The van der Waals surface area contributed by atoms with Crippen molar-refractivity contribution in [2.24, 2.45) is 0 Å². The van der Waals surface area contributed by atoms with Crippen LogP contribution in [-0.2, 0) is 16.0 Å². The first-order valence-corrected chi connectivity index (χ1v) is 5.87. The molecule has 0 spiro atoms. The summed E-state index contributed by atoms with van der Waals surface area (Å²) < 4.78 is 52.8. The smallest absolute Gasteiger partial charge is 0.459 e. The van der Waals surface area contributed by atoms with E-state index in [1.165, 1.54) is 12.1 Å². The number of aromatic amines is 1. The van der Waals surface area contributed by atoms with E-state index < -0.39 is 12.1 Å². The zero-order valence-electron chi connectivity index (χ0n) is 10.3. The van der Waals surface area contributed by atoms with Crippen molar-refractivity contribution in [2.45, 2.75) is 19.0 Å². The minimum atomic E-state index is -4.97. The second-order valence-electron chi connectivity index (χ2n) is 4.24. The van der Waals surface area contributed by atoms with E-state index in [1.807, 2.05) is 0 Å². The Balaban J connectivity index is 1.90. The number of halogens is 4. The van der Waals surface area contributed by atoms with Crippen LogP contribution < -0.4 is 0 Å². The van der Waals surface area contributed by atoms with E-state index in [-0.39, 0.29) is 18.8 Å². The summed E-state index contributed by atoms with van der Waals surface area (Å²) in [4.78, 5) is 13.4. The van der Waals surface area contributed by atoms with Gasteiger partial charge in [0, 0.05) is 17.1 Å². The first kappa shape index (κ1) is 14.4. The molecule has 2 aromatic rings. The Morgan fingerprint density at radius 1 is 1.30 bits per heavy atom. The second-order valence-corrected chi connectivity index (χ2v) is 4.24. The predicted octanol–water partition coefficient (Wildman–Crippen LogP) is 3.35. The van der Waals surface area contributed by atoms with Crippen molar-refractivity contribution >= 4 is 16.9 Å². The lowest BCUT2D eigenvalue weighted by atomic mass is 10.1. The molecule has 0 aliphatic heterocycles. The summed E-state index contributed by atoms with van der Waals surface area (Å²) in [5.41, 5.74) is 1.51. The Morgan fingerprint density at radius 3 is 2.75 bits per heavy atom. The van der Waals surface area contributed by atoms with E-state index in [4.69, 9.17) is 0 Å². The average molecular weight is 289 g/mol. The van der Waals surface area contributed by atoms with Gasteiger partial charge in [-0.25, -0.2) is 9.18 Å². The molecule has 0 fully saturated rings.